The number of pyridine rings is 1. The fourth-order valence-corrected chi connectivity index (χ4v) is 3.81. The van der Waals surface area contributed by atoms with Crippen LogP contribution >= 0.6 is 0 Å². The van der Waals surface area contributed by atoms with E-state index in [-0.39, 0.29) is 0 Å². The van der Waals surface area contributed by atoms with E-state index in [0.717, 1.165) is 17.2 Å². The quantitative estimate of drug-likeness (QED) is 0.877. The number of aromatic carboxylic acids is 1. The van der Waals surface area contributed by atoms with Gasteiger partial charge in [0.15, 0.2) is 0 Å². The molecule has 3 unspecified atom stereocenters. The van der Waals surface area contributed by atoms with Crippen molar-refractivity contribution in [1.82, 2.24) is 4.98 Å². The number of aromatic nitrogens is 1. The molecular formula is C15H20N2O2. The average molecular weight is 260 g/mol. The van der Waals surface area contributed by atoms with Crippen molar-refractivity contribution in [2.24, 2.45) is 11.8 Å². The highest BCUT2D eigenvalue weighted by atomic mass is 16.4. The number of carboxylic acid groups (broad SMARTS) is 1. The zero-order valence-electron chi connectivity index (χ0n) is 11.4. The number of hydrogen-bond donors (Lipinski definition) is 2. The van der Waals surface area contributed by atoms with Crippen LogP contribution in [0.2, 0.25) is 0 Å². The summed E-state index contributed by atoms with van der Waals surface area (Å²) in [6.07, 6.45) is 5.08. The summed E-state index contributed by atoms with van der Waals surface area (Å²) in [5, 5.41) is 12.8. The van der Waals surface area contributed by atoms with E-state index >= 15 is 0 Å². The molecule has 2 bridgehead atoms. The largest absolute Gasteiger partial charge is 0.478 e. The lowest BCUT2D eigenvalue weighted by atomic mass is 9.95. The van der Waals surface area contributed by atoms with Crippen LogP contribution in [0.5, 0.6) is 0 Å². The van der Waals surface area contributed by atoms with Gasteiger partial charge in [-0.1, -0.05) is 6.42 Å². The predicted octanol–water partition coefficient (Wildman–Crippen LogP) is 3.00. The van der Waals surface area contributed by atoms with E-state index < -0.39 is 5.97 Å². The number of fused-ring (bicyclic) bond motifs is 2. The molecular weight excluding hydrogens is 240 g/mol. The molecule has 3 atom stereocenters. The standard InChI is InChI=1S/C15H20N2O2/c1-8-5-9(2)16-14(13(8)15(18)19)17-12-7-10-3-4-11(12)6-10/h5,10-12H,3-4,6-7H2,1-2H3,(H,16,17)(H,18,19). The molecule has 2 saturated carbocycles. The summed E-state index contributed by atoms with van der Waals surface area (Å²) >= 11 is 0. The molecule has 1 aromatic rings. The lowest BCUT2D eigenvalue weighted by Gasteiger charge is -2.24. The number of rotatable bonds is 3. The topological polar surface area (TPSA) is 62.2 Å². The number of carboxylic acids is 1. The summed E-state index contributed by atoms with van der Waals surface area (Å²) in [5.74, 6) is 1.20. The van der Waals surface area contributed by atoms with Crippen molar-refractivity contribution < 1.29 is 9.90 Å². The fraction of sp³-hybridized carbons (Fsp3) is 0.600. The zero-order valence-corrected chi connectivity index (χ0v) is 11.4. The molecule has 0 aliphatic heterocycles. The Morgan fingerprint density at radius 1 is 1.37 bits per heavy atom. The number of carbonyl (C=O) groups is 1. The van der Waals surface area contributed by atoms with Crippen molar-refractivity contribution in [3.8, 4) is 0 Å². The molecule has 0 radical (unpaired) electrons. The van der Waals surface area contributed by atoms with Crippen LogP contribution in [0.3, 0.4) is 0 Å². The zero-order chi connectivity index (χ0) is 13.6. The van der Waals surface area contributed by atoms with E-state index in [9.17, 15) is 9.90 Å². The normalized spacial score (nSPS) is 28.6. The third-order valence-electron chi connectivity index (χ3n) is 4.62. The second-order valence-corrected chi connectivity index (χ2v) is 6.03. The van der Waals surface area contributed by atoms with E-state index in [1.54, 1.807) is 0 Å². The van der Waals surface area contributed by atoms with Gasteiger partial charge in [0.1, 0.15) is 11.4 Å². The number of hydrogen-bond acceptors (Lipinski definition) is 3. The van der Waals surface area contributed by atoms with Crippen LogP contribution in [-0.4, -0.2) is 22.1 Å². The highest BCUT2D eigenvalue weighted by molar-refractivity contribution is 5.94. The van der Waals surface area contributed by atoms with Gasteiger partial charge >= 0.3 is 5.97 Å². The first-order chi connectivity index (χ1) is 9.04. The third-order valence-corrected chi connectivity index (χ3v) is 4.62. The fourth-order valence-electron chi connectivity index (χ4n) is 3.81. The minimum Gasteiger partial charge on any atom is -0.478 e. The summed E-state index contributed by atoms with van der Waals surface area (Å²) in [6, 6.07) is 2.24. The molecule has 0 saturated heterocycles. The van der Waals surface area contributed by atoms with Crippen LogP contribution in [0.4, 0.5) is 5.82 Å². The number of anilines is 1. The molecule has 0 aromatic carbocycles. The van der Waals surface area contributed by atoms with Crippen LogP contribution in [-0.2, 0) is 0 Å². The molecule has 102 valence electrons. The van der Waals surface area contributed by atoms with Crippen molar-refractivity contribution in [1.29, 1.82) is 0 Å². The molecule has 2 aliphatic rings. The van der Waals surface area contributed by atoms with Crippen LogP contribution < -0.4 is 5.32 Å². The lowest BCUT2D eigenvalue weighted by Crippen LogP contribution is -2.27. The first-order valence-corrected chi connectivity index (χ1v) is 7.02. The summed E-state index contributed by atoms with van der Waals surface area (Å²) in [5.41, 5.74) is 1.98. The maximum absolute atomic E-state index is 11.4. The van der Waals surface area contributed by atoms with Gasteiger partial charge in [-0.05, 0) is 56.6 Å². The predicted molar refractivity (Wildman–Crippen MR) is 73.5 cm³/mol. The second kappa shape index (κ2) is 4.51. The van der Waals surface area contributed by atoms with Crippen LogP contribution in [0, 0.1) is 25.7 Å². The summed E-state index contributed by atoms with van der Waals surface area (Å²) in [6.45, 7) is 3.74. The van der Waals surface area contributed by atoms with E-state index in [2.05, 4.69) is 10.3 Å². The average Bonchev–Trinajstić information content (AvgIpc) is 2.88. The van der Waals surface area contributed by atoms with Crippen molar-refractivity contribution in [2.45, 2.75) is 45.6 Å². The number of aryl methyl sites for hydroxylation is 2. The first-order valence-electron chi connectivity index (χ1n) is 7.02. The molecule has 2 aliphatic carbocycles. The van der Waals surface area contributed by atoms with E-state index in [1.807, 2.05) is 19.9 Å². The van der Waals surface area contributed by atoms with Gasteiger partial charge in [0, 0.05) is 11.7 Å². The molecule has 2 N–H and O–H groups in total. The van der Waals surface area contributed by atoms with Gasteiger partial charge in [-0.15, -0.1) is 0 Å². The molecule has 0 spiro atoms. The van der Waals surface area contributed by atoms with Gasteiger partial charge in [0.2, 0.25) is 0 Å². The van der Waals surface area contributed by atoms with E-state index in [4.69, 9.17) is 0 Å². The summed E-state index contributed by atoms with van der Waals surface area (Å²) < 4.78 is 0. The monoisotopic (exact) mass is 260 g/mol. The first kappa shape index (κ1) is 12.5. The van der Waals surface area contributed by atoms with Gasteiger partial charge in [-0.25, -0.2) is 9.78 Å². The maximum atomic E-state index is 11.4. The summed E-state index contributed by atoms with van der Waals surface area (Å²) in [4.78, 5) is 15.8. The Balaban J connectivity index is 1.89. The molecule has 3 rings (SSSR count). The minimum absolute atomic E-state index is 0.327. The van der Waals surface area contributed by atoms with Crippen LogP contribution in [0.15, 0.2) is 6.07 Å². The lowest BCUT2D eigenvalue weighted by molar-refractivity contribution is 0.0696. The molecule has 2 fully saturated rings. The Morgan fingerprint density at radius 2 is 2.16 bits per heavy atom. The highest BCUT2D eigenvalue weighted by Crippen LogP contribution is 2.45. The van der Waals surface area contributed by atoms with Gasteiger partial charge < -0.3 is 10.4 Å². The Hall–Kier alpha value is -1.58. The Bertz CT molecular complexity index is 527. The molecule has 4 nitrogen and oxygen atoms in total. The van der Waals surface area contributed by atoms with Gasteiger partial charge in [0.25, 0.3) is 0 Å². The Kier molecular flexibility index (Phi) is 2.96. The minimum atomic E-state index is -0.893. The highest BCUT2D eigenvalue weighted by Gasteiger charge is 2.40. The molecule has 0 amide bonds. The summed E-state index contributed by atoms with van der Waals surface area (Å²) in [7, 11) is 0. The number of nitrogens with zero attached hydrogens (tertiary/aromatic N) is 1. The molecule has 19 heavy (non-hydrogen) atoms. The van der Waals surface area contributed by atoms with Crippen LogP contribution in [0.1, 0.15) is 47.3 Å². The van der Waals surface area contributed by atoms with Crippen molar-refractivity contribution in [2.75, 3.05) is 5.32 Å². The number of nitrogens with one attached hydrogen (secondary N) is 1. The second-order valence-electron chi connectivity index (χ2n) is 6.03. The molecule has 1 heterocycles. The third kappa shape index (κ3) is 2.20. The van der Waals surface area contributed by atoms with E-state index in [1.165, 1.54) is 25.7 Å². The SMILES string of the molecule is Cc1cc(C)c(C(=O)O)c(NC2CC3CCC2C3)n1. The molecule has 4 heteroatoms. The molecule has 1 aromatic heterocycles. The maximum Gasteiger partial charge on any atom is 0.339 e. The van der Waals surface area contributed by atoms with Crippen molar-refractivity contribution in [3.63, 3.8) is 0 Å². The Labute approximate surface area is 113 Å². The van der Waals surface area contributed by atoms with Gasteiger partial charge in [-0.3, -0.25) is 0 Å². The van der Waals surface area contributed by atoms with Crippen molar-refractivity contribution >= 4 is 11.8 Å². The Morgan fingerprint density at radius 3 is 2.74 bits per heavy atom. The smallest absolute Gasteiger partial charge is 0.339 e. The van der Waals surface area contributed by atoms with Gasteiger partial charge in [0.05, 0.1) is 0 Å². The van der Waals surface area contributed by atoms with Crippen molar-refractivity contribution in [3.05, 3.63) is 22.9 Å². The van der Waals surface area contributed by atoms with E-state index in [0.29, 0.717) is 23.3 Å². The van der Waals surface area contributed by atoms with Gasteiger partial charge in [-0.2, -0.15) is 0 Å². The van der Waals surface area contributed by atoms with Crippen LogP contribution in [0.25, 0.3) is 0 Å².